The van der Waals surface area contributed by atoms with Gasteiger partial charge in [0.25, 0.3) is 0 Å². The molecule has 0 aliphatic heterocycles. The van der Waals surface area contributed by atoms with Gasteiger partial charge >= 0.3 is 11.9 Å². The molecule has 0 bridgehead atoms. The molecule has 0 unspecified atom stereocenters. The molecule has 7 N–H and O–H groups in total. The first-order chi connectivity index (χ1) is 30.0. The second kappa shape index (κ2) is 28.1. The van der Waals surface area contributed by atoms with E-state index >= 15 is 0 Å². The third-order valence-electron chi connectivity index (χ3n) is 8.90. The lowest BCUT2D eigenvalue weighted by Crippen LogP contribution is -2.32. The molecule has 328 valence electrons. The number of methoxy groups -OCH3 is 1. The van der Waals surface area contributed by atoms with Crippen LogP contribution in [0.3, 0.4) is 0 Å². The van der Waals surface area contributed by atoms with E-state index in [2.05, 4.69) is 62.4 Å². The molecule has 9 nitrogen and oxygen atoms in total. The molecule has 1 atom stereocenters. The SMILES string of the molecule is COc1ccc(C)cc1.Cc1ccc(-c2ccccc2)cc1.Cc1ccc(C(=O)O)cc1.Cc1ccc(C=O)cc1.Cc1ccccc1N.N[C@@H](Cc1ccc(O)c([18F])c1)C(=O)O. The molecule has 0 radical (unpaired) electrons. The van der Waals surface area contributed by atoms with Crippen molar-refractivity contribution in [2.24, 2.45) is 5.73 Å². The van der Waals surface area contributed by atoms with Crippen LogP contribution >= 0.6 is 0 Å². The highest BCUT2D eigenvalue weighted by molar-refractivity contribution is 5.87. The number of anilines is 1. The first-order valence-corrected chi connectivity index (χ1v) is 19.8. The molecular formula is C53H57FN2O7. The van der Waals surface area contributed by atoms with Gasteiger partial charge in [0.1, 0.15) is 18.1 Å². The van der Waals surface area contributed by atoms with E-state index in [1.54, 1.807) is 31.4 Å². The Labute approximate surface area is 370 Å². The fourth-order valence-electron chi connectivity index (χ4n) is 5.00. The van der Waals surface area contributed by atoms with Gasteiger partial charge < -0.3 is 31.5 Å². The van der Waals surface area contributed by atoms with Gasteiger partial charge in [-0.2, -0.15) is 0 Å². The minimum absolute atomic E-state index is 0.0343. The number of carbonyl (C=O) groups excluding carboxylic acids is 1. The summed E-state index contributed by atoms with van der Waals surface area (Å²) in [5, 5.41) is 25.8. The molecule has 0 amide bonds. The maximum absolute atomic E-state index is 12.8. The van der Waals surface area contributed by atoms with E-state index in [0.717, 1.165) is 40.5 Å². The summed E-state index contributed by atoms with van der Waals surface area (Å²) >= 11 is 0. The normalized spacial score (nSPS) is 10.0. The number of carboxylic acid groups (broad SMARTS) is 2. The minimum Gasteiger partial charge on any atom is -0.505 e. The van der Waals surface area contributed by atoms with E-state index in [4.69, 9.17) is 31.5 Å². The zero-order valence-electron chi connectivity index (χ0n) is 36.5. The second-order valence-electron chi connectivity index (χ2n) is 14.2. The van der Waals surface area contributed by atoms with Crippen LogP contribution in [0.2, 0.25) is 0 Å². The monoisotopic (exact) mass is 851 g/mol. The van der Waals surface area contributed by atoms with Gasteiger partial charge in [-0.25, -0.2) is 9.18 Å². The summed E-state index contributed by atoms with van der Waals surface area (Å²) in [6.07, 6.45) is 0.881. The third-order valence-corrected chi connectivity index (χ3v) is 8.90. The lowest BCUT2D eigenvalue weighted by molar-refractivity contribution is -0.138. The Kier molecular flexibility index (Phi) is 23.0. The number of carbonyl (C=O) groups is 3. The van der Waals surface area contributed by atoms with Gasteiger partial charge in [0, 0.05) is 11.3 Å². The van der Waals surface area contributed by atoms with Crippen LogP contribution in [-0.4, -0.2) is 46.7 Å². The van der Waals surface area contributed by atoms with E-state index in [1.165, 1.54) is 39.9 Å². The van der Waals surface area contributed by atoms with Crippen LogP contribution in [0, 0.1) is 40.4 Å². The van der Waals surface area contributed by atoms with Crippen LogP contribution in [0.15, 0.2) is 170 Å². The smallest absolute Gasteiger partial charge is 0.335 e. The van der Waals surface area contributed by atoms with Gasteiger partial charge in [0.05, 0.1) is 12.7 Å². The van der Waals surface area contributed by atoms with Gasteiger partial charge in [0.2, 0.25) is 0 Å². The molecule has 7 aromatic rings. The van der Waals surface area contributed by atoms with Gasteiger partial charge in [-0.15, -0.1) is 0 Å². The number of phenols is 1. The highest BCUT2D eigenvalue weighted by Gasteiger charge is 2.13. The van der Waals surface area contributed by atoms with Crippen LogP contribution in [0.4, 0.5) is 10.1 Å². The van der Waals surface area contributed by atoms with Gasteiger partial charge in [-0.3, -0.25) is 9.59 Å². The maximum atomic E-state index is 12.8. The van der Waals surface area contributed by atoms with E-state index in [9.17, 15) is 18.8 Å². The fourth-order valence-corrected chi connectivity index (χ4v) is 5.00. The maximum Gasteiger partial charge on any atom is 0.335 e. The Morgan fingerprint density at radius 2 is 1.10 bits per heavy atom. The topological polar surface area (TPSA) is 173 Å². The van der Waals surface area contributed by atoms with Crippen LogP contribution in [-0.2, 0) is 11.2 Å². The number of aldehydes is 1. The number of aryl methyl sites for hydroxylation is 5. The first kappa shape index (κ1) is 51.6. The van der Waals surface area contributed by atoms with Crippen molar-refractivity contribution in [3.8, 4) is 22.6 Å². The number of hydrogen-bond donors (Lipinski definition) is 5. The number of rotatable bonds is 7. The molecule has 0 heterocycles. The molecule has 7 aromatic carbocycles. The lowest BCUT2D eigenvalue weighted by Gasteiger charge is -2.06. The summed E-state index contributed by atoms with van der Waals surface area (Å²) in [7, 11) is 1.67. The lowest BCUT2D eigenvalue weighted by atomic mass is 10.0. The van der Waals surface area contributed by atoms with Crippen molar-refractivity contribution in [2.75, 3.05) is 12.8 Å². The molecule has 0 saturated carbocycles. The van der Waals surface area contributed by atoms with Crippen molar-refractivity contribution < 1.29 is 38.8 Å². The highest BCUT2D eigenvalue weighted by atomic mass is 18.2. The highest BCUT2D eigenvalue weighted by Crippen LogP contribution is 2.19. The fraction of sp³-hybridized carbons (Fsp3) is 0.151. The van der Waals surface area contributed by atoms with E-state index in [1.807, 2.05) is 99.6 Å². The second-order valence-corrected chi connectivity index (χ2v) is 14.2. The molecule has 0 fully saturated rings. The molecule has 0 aromatic heterocycles. The van der Waals surface area contributed by atoms with Crippen molar-refractivity contribution in [3.63, 3.8) is 0 Å². The summed E-state index contributed by atoms with van der Waals surface area (Å²) < 4.78 is 17.8. The Morgan fingerprint density at radius 1 is 0.635 bits per heavy atom. The Balaban J connectivity index is 0.000000263. The number of carboxylic acids is 2. The summed E-state index contributed by atoms with van der Waals surface area (Å²) in [6, 6.07) is 51.6. The van der Waals surface area contributed by atoms with Crippen LogP contribution in [0.5, 0.6) is 11.5 Å². The number of benzene rings is 7. The Morgan fingerprint density at radius 3 is 1.52 bits per heavy atom. The molecule has 0 saturated heterocycles. The summed E-state index contributed by atoms with van der Waals surface area (Å²) in [6.45, 7) is 10.1. The van der Waals surface area contributed by atoms with Crippen molar-refractivity contribution >= 4 is 23.9 Å². The molecule has 63 heavy (non-hydrogen) atoms. The average Bonchev–Trinajstić information content (AvgIpc) is 3.28. The van der Waals surface area contributed by atoms with Crippen molar-refractivity contribution in [1.82, 2.24) is 0 Å². The van der Waals surface area contributed by atoms with E-state index in [-0.39, 0.29) is 6.42 Å². The predicted molar refractivity (Wildman–Crippen MR) is 252 cm³/mol. The Hall–Kier alpha value is -7.56. The largest absolute Gasteiger partial charge is 0.505 e. The van der Waals surface area contributed by atoms with Gasteiger partial charge in [-0.05, 0) is 106 Å². The molecule has 0 aliphatic carbocycles. The van der Waals surface area contributed by atoms with Crippen LogP contribution in [0.25, 0.3) is 11.1 Å². The number of nitrogens with two attached hydrogens (primary N) is 2. The van der Waals surface area contributed by atoms with Crippen LogP contribution < -0.4 is 16.2 Å². The summed E-state index contributed by atoms with van der Waals surface area (Å²) in [4.78, 5) is 30.8. The average molecular weight is 852 g/mol. The number of nitrogen functional groups attached to an aromatic ring is 1. The van der Waals surface area contributed by atoms with Gasteiger partial charge in [-0.1, -0.05) is 150 Å². The standard InChI is InChI=1S/C13H12.C9H10FNO3.C8H8O2.C8H10O.C8H8O.C7H9N/c1-11-7-9-13(10-8-11)12-5-3-2-4-6-12;10-6-3-5(1-2-8(6)12)4-7(11)9(13)14;1-6-2-4-7(5-3-6)8(9)10;1-7-3-5-8(9-2)6-4-7;1-7-2-4-8(6-9)5-3-7;1-6-4-2-3-5-7(6)8/h2-10H,1H3;1-3,7,12H,4,11H2,(H,13,14);2-5H,1H3,(H,9,10);3-6H,1-2H3;2-6H,1H3;2-5H,8H2,1H3/t;7-;;;;/m.0..../s1/i;10-1;;;;. The van der Waals surface area contributed by atoms with E-state index < -0.39 is 29.5 Å². The zero-order valence-corrected chi connectivity index (χ0v) is 36.5. The molecule has 7 rings (SSSR count). The number of halogens is 1. The Bertz CT molecular complexity index is 2380. The quantitative estimate of drug-likeness (QED) is 0.0772. The van der Waals surface area contributed by atoms with Crippen LogP contribution in [0.1, 0.15) is 54.1 Å². The summed E-state index contributed by atoms with van der Waals surface area (Å²) in [5.41, 5.74) is 21.7. The first-order valence-electron chi connectivity index (χ1n) is 19.8. The molecule has 0 aliphatic rings. The number of para-hydroxylation sites is 1. The minimum atomic E-state index is -1.14. The van der Waals surface area contributed by atoms with Crippen molar-refractivity contribution in [2.45, 2.75) is 47.1 Å². The number of hydrogen-bond acceptors (Lipinski definition) is 7. The number of aromatic carboxylic acids is 1. The third kappa shape index (κ3) is 21.0. The number of ether oxygens (including phenoxy) is 1. The molecule has 10 heteroatoms. The molecule has 0 spiro atoms. The van der Waals surface area contributed by atoms with Gasteiger partial charge in [0.15, 0.2) is 11.6 Å². The summed E-state index contributed by atoms with van der Waals surface area (Å²) in [5.74, 6) is -2.34. The van der Waals surface area contributed by atoms with Crippen molar-refractivity contribution in [1.29, 1.82) is 0 Å². The van der Waals surface area contributed by atoms with E-state index in [0.29, 0.717) is 11.1 Å². The number of aliphatic carboxylic acids is 1. The number of phenolic OH excluding ortho intramolecular Hbond substituents is 1. The number of aromatic hydroxyl groups is 1. The zero-order chi connectivity index (χ0) is 46.7. The molecular weight excluding hydrogens is 795 g/mol. The predicted octanol–water partition coefficient (Wildman–Crippen LogP) is 11.2. The van der Waals surface area contributed by atoms with Crippen molar-refractivity contribution in [3.05, 3.63) is 220 Å².